The zero-order chi connectivity index (χ0) is 7.98. The highest BCUT2D eigenvalue weighted by Crippen LogP contribution is 1.96. The van der Waals surface area contributed by atoms with E-state index in [9.17, 15) is 4.79 Å². The Bertz CT molecular complexity index is 141. The number of ether oxygens (including phenoxy) is 1. The highest BCUT2D eigenvalue weighted by atomic mass is 35.5. The van der Waals surface area contributed by atoms with Crippen molar-refractivity contribution in [3.05, 3.63) is 11.6 Å². The molecule has 0 heterocycles. The van der Waals surface area contributed by atoms with Crippen LogP contribution in [0.2, 0.25) is 0 Å². The van der Waals surface area contributed by atoms with Gasteiger partial charge in [-0.3, -0.25) is 0 Å². The minimum atomic E-state index is -0.289. The second kappa shape index (κ2) is 5.30. The molecule has 0 aromatic rings. The highest BCUT2D eigenvalue weighted by molar-refractivity contribution is 6.19. The SMILES string of the molecule is CCOC(=O)/C(C)=C/CCl. The topological polar surface area (TPSA) is 26.3 Å². The number of esters is 1. The van der Waals surface area contributed by atoms with E-state index in [1.165, 1.54) is 0 Å². The lowest BCUT2D eigenvalue weighted by Gasteiger charge is -1.99. The van der Waals surface area contributed by atoms with Crippen molar-refractivity contribution in [1.29, 1.82) is 0 Å². The molecule has 0 unspecified atom stereocenters. The molecule has 0 radical (unpaired) electrons. The monoisotopic (exact) mass is 162 g/mol. The molecule has 2 nitrogen and oxygen atoms in total. The van der Waals surface area contributed by atoms with E-state index in [1.54, 1.807) is 19.9 Å². The largest absolute Gasteiger partial charge is 0.463 e. The summed E-state index contributed by atoms with van der Waals surface area (Å²) in [6.07, 6.45) is 1.62. The summed E-state index contributed by atoms with van der Waals surface area (Å²) >= 11 is 5.36. The van der Waals surface area contributed by atoms with Gasteiger partial charge in [0, 0.05) is 11.5 Å². The third kappa shape index (κ3) is 3.51. The van der Waals surface area contributed by atoms with Crippen molar-refractivity contribution in [3.63, 3.8) is 0 Å². The first-order valence-electron chi connectivity index (χ1n) is 3.12. The molecule has 0 spiro atoms. The first kappa shape index (κ1) is 9.50. The van der Waals surface area contributed by atoms with E-state index in [2.05, 4.69) is 0 Å². The summed E-state index contributed by atoms with van der Waals surface area (Å²) in [4.78, 5) is 10.8. The summed E-state index contributed by atoms with van der Waals surface area (Å²) in [5, 5.41) is 0. The number of carbonyl (C=O) groups excluding carboxylic acids is 1. The molecule has 0 bridgehead atoms. The maximum atomic E-state index is 10.8. The first-order chi connectivity index (χ1) is 4.72. The fourth-order valence-electron chi connectivity index (χ4n) is 0.444. The van der Waals surface area contributed by atoms with Crippen LogP contribution in [0.1, 0.15) is 13.8 Å². The van der Waals surface area contributed by atoms with Crippen LogP contribution < -0.4 is 0 Å². The van der Waals surface area contributed by atoms with Crippen LogP contribution in [-0.4, -0.2) is 18.5 Å². The Morgan fingerprint density at radius 1 is 1.70 bits per heavy atom. The van der Waals surface area contributed by atoms with Crippen LogP contribution in [0.4, 0.5) is 0 Å². The molecule has 0 rings (SSSR count). The van der Waals surface area contributed by atoms with E-state index < -0.39 is 0 Å². The molecule has 0 fully saturated rings. The molecular formula is C7H11ClO2. The Morgan fingerprint density at radius 3 is 2.70 bits per heavy atom. The van der Waals surface area contributed by atoms with Crippen molar-refractivity contribution in [2.24, 2.45) is 0 Å². The van der Waals surface area contributed by atoms with Crippen molar-refractivity contribution < 1.29 is 9.53 Å². The Hall–Kier alpha value is -0.500. The van der Waals surface area contributed by atoms with E-state index in [0.717, 1.165) is 0 Å². The second-order valence-corrected chi connectivity index (χ2v) is 2.07. The zero-order valence-electron chi connectivity index (χ0n) is 6.19. The average molecular weight is 163 g/mol. The number of hydrogen-bond acceptors (Lipinski definition) is 2. The summed E-state index contributed by atoms with van der Waals surface area (Å²) < 4.78 is 4.69. The lowest BCUT2D eigenvalue weighted by atomic mass is 10.3. The molecule has 58 valence electrons. The summed E-state index contributed by atoms with van der Waals surface area (Å²) in [5.74, 6) is 0.0631. The normalized spacial score (nSPS) is 11.3. The quantitative estimate of drug-likeness (QED) is 0.359. The van der Waals surface area contributed by atoms with Crippen molar-refractivity contribution >= 4 is 17.6 Å². The van der Waals surface area contributed by atoms with Crippen LogP contribution in [0.3, 0.4) is 0 Å². The lowest BCUT2D eigenvalue weighted by molar-refractivity contribution is -0.138. The fourth-order valence-corrected chi connectivity index (χ4v) is 0.675. The Balaban J connectivity index is 3.82. The van der Waals surface area contributed by atoms with Crippen molar-refractivity contribution in [2.45, 2.75) is 13.8 Å². The predicted octanol–water partition coefficient (Wildman–Crippen LogP) is 1.73. The Kier molecular flexibility index (Phi) is 5.03. The Morgan fingerprint density at radius 2 is 2.30 bits per heavy atom. The molecule has 0 aliphatic heterocycles. The molecule has 0 aromatic heterocycles. The number of rotatable bonds is 3. The van der Waals surface area contributed by atoms with Gasteiger partial charge in [0.25, 0.3) is 0 Å². The van der Waals surface area contributed by atoms with Crippen LogP contribution in [0, 0.1) is 0 Å². The van der Waals surface area contributed by atoms with Gasteiger partial charge in [0.15, 0.2) is 0 Å². The molecule has 0 aromatic carbocycles. The predicted molar refractivity (Wildman–Crippen MR) is 41.1 cm³/mol. The third-order valence-corrected chi connectivity index (χ3v) is 1.14. The molecule has 0 saturated carbocycles. The van der Waals surface area contributed by atoms with E-state index >= 15 is 0 Å². The summed E-state index contributed by atoms with van der Waals surface area (Å²) in [6, 6.07) is 0. The summed E-state index contributed by atoms with van der Waals surface area (Å²) in [7, 11) is 0. The van der Waals surface area contributed by atoms with Crippen LogP contribution in [0.5, 0.6) is 0 Å². The molecule has 10 heavy (non-hydrogen) atoms. The standard InChI is InChI=1S/C7H11ClO2/c1-3-10-7(9)6(2)4-5-8/h4H,3,5H2,1-2H3/b6-4+. The van der Waals surface area contributed by atoms with Crippen molar-refractivity contribution in [1.82, 2.24) is 0 Å². The van der Waals surface area contributed by atoms with Crippen LogP contribution in [-0.2, 0) is 9.53 Å². The number of allylic oxidation sites excluding steroid dienone is 1. The number of halogens is 1. The van der Waals surface area contributed by atoms with Gasteiger partial charge in [-0.15, -0.1) is 11.6 Å². The smallest absolute Gasteiger partial charge is 0.333 e. The third-order valence-electron chi connectivity index (χ3n) is 0.981. The van der Waals surface area contributed by atoms with E-state index in [-0.39, 0.29) is 5.97 Å². The molecule has 0 atom stereocenters. The summed E-state index contributed by atoms with van der Waals surface area (Å²) in [5.41, 5.74) is 0.567. The molecule has 0 saturated heterocycles. The maximum absolute atomic E-state index is 10.8. The van der Waals surface area contributed by atoms with Gasteiger partial charge >= 0.3 is 5.97 Å². The van der Waals surface area contributed by atoms with Gasteiger partial charge in [0.1, 0.15) is 0 Å². The summed E-state index contributed by atoms with van der Waals surface area (Å²) in [6.45, 7) is 3.86. The van der Waals surface area contributed by atoms with Crippen molar-refractivity contribution in [3.8, 4) is 0 Å². The minimum absolute atomic E-state index is 0.289. The average Bonchev–Trinajstić information content (AvgIpc) is 1.89. The molecule has 0 aliphatic carbocycles. The van der Waals surface area contributed by atoms with E-state index in [4.69, 9.17) is 16.3 Å². The maximum Gasteiger partial charge on any atom is 0.333 e. The van der Waals surface area contributed by atoms with Gasteiger partial charge < -0.3 is 4.74 Å². The minimum Gasteiger partial charge on any atom is -0.463 e. The highest BCUT2D eigenvalue weighted by Gasteiger charge is 2.01. The number of alkyl halides is 1. The van der Waals surface area contributed by atoms with Gasteiger partial charge in [-0.1, -0.05) is 6.08 Å². The van der Waals surface area contributed by atoms with E-state index in [0.29, 0.717) is 18.1 Å². The van der Waals surface area contributed by atoms with E-state index in [1.807, 2.05) is 0 Å². The molecule has 3 heteroatoms. The zero-order valence-corrected chi connectivity index (χ0v) is 6.94. The van der Waals surface area contributed by atoms with Crippen LogP contribution in [0.15, 0.2) is 11.6 Å². The molecular weight excluding hydrogens is 152 g/mol. The Labute approximate surface area is 65.8 Å². The molecule has 0 aliphatic rings. The van der Waals surface area contributed by atoms with Crippen molar-refractivity contribution in [2.75, 3.05) is 12.5 Å². The van der Waals surface area contributed by atoms with Gasteiger partial charge in [0.2, 0.25) is 0 Å². The molecule has 0 amide bonds. The molecule has 0 N–H and O–H groups in total. The van der Waals surface area contributed by atoms with Crippen LogP contribution >= 0.6 is 11.6 Å². The van der Waals surface area contributed by atoms with Gasteiger partial charge in [-0.25, -0.2) is 4.79 Å². The van der Waals surface area contributed by atoms with Gasteiger partial charge in [-0.05, 0) is 13.8 Å². The number of hydrogen-bond donors (Lipinski definition) is 0. The van der Waals surface area contributed by atoms with Gasteiger partial charge in [0.05, 0.1) is 6.61 Å². The van der Waals surface area contributed by atoms with Gasteiger partial charge in [-0.2, -0.15) is 0 Å². The second-order valence-electron chi connectivity index (χ2n) is 1.76. The first-order valence-corrected chi connectivity index (χ1v) is 3.65. The lowest BCUT2D eigenvalue weighted by Crippen LogP contribution is -2.04. The number of carbonyl (C=O) groups is 1. The van der Waals surface area contributed by atoms with Crippen LogP contribution in [0.25, 0.3) is 0 Å². The fraction of sp³-hybridized carbons (Fsp3) is 0.571.